The van der Waals surface area contributed by atoms with E-state index in [1.807, 2.05) is 54.6 Å². The predicted molar refractivity (Wildman–Crippen MR) is 87.9 cm³/mol. The fraction of sp³-hybridized carbons (Fsp3) is 0.316. The van der Waals surface area contributed by atoms with E-state index >= 15 is 0 Å². The largest absolute Gasteiger partial charge is 0.445 e. The van der Waals surface area contributed by atoms with Crippen molar-refractivity contribution in [2.75, 3.05) is 13.6 Å². The first-order valence-corrected chi connectivity index (χ1v) is 7.81. The molecule has 0 fully saturated rings. The smallest absolute Gasteiger partial charge is 0.409 e. The molecular formula is C19H21NO3. The van der Waals surface area contributed by atoms with Crippen LogP contribution in [0, 0.1) is 0 Å². The zero-order valence-corrected chi connectivity index (χ0v) is 13.2. The molecule has 1 amide bonds. The highest BCUT2D eigenvalue weighted by Crippen LogP contribution is 2.37. The Kier molecular flexibility index (Phi) is 4.35. The number of carbonyl (C=O) groups is 1. The van der Waals surface area contributed by atoms with Crippen LogP contribution in [0.2, 0.25) is 0 Å². The van der Waals surface area contributed by atoms with Crippen LogP contribution in [0.25, 0.3) is 0 Å². The highest BCUT2D eigenvalue weighted by atomic mass is 16.6. The number of carbonyl (C=O) groups excluding carboxylic acids is 1. The SMILES string of the molecule is CN(CC1(O)CCc2ccccc21)C(=O)OCc1ccccc1. The number of likely N-dealkylation sites (N-methyl/N-ethyl adjacent to an activating group) is 1. The van der Waals surface area contributed by atoms with Crippen LogP contribution in [0.15, 0.2) is 54.6 Å². The fourth-order valence-corrected chi connectivity index (χ4v) is 3.12. The molecule has 1 unspecified atom stereocenters. The molecule has 3 rings (SSSR count). The van der Waals surface area contributed by atoms with Crippen LogP contribution in [0.1, 0.15) is 23.1 Å². The van der Waals surface area contributed by atoms with E-state index in [2.05, 4.69) is 0 Å². The van der Waals surface area contributed by atoms with Crippen LogP contribution in [-0.2, 0) is 23.4 Å². The van der Waals surface area contributed by atoms with Crippen molar-refractivity contribution < 1.29 is 14.6 Å². The molecule has 0 saturated carbocycles. The molecule has 23 heavy (non-hydrogen) atoms. The highest BCUT2D eigenvalue weighted by Gasteiger charge is 2.38. The first-order valence-electron chi connectivity index (χ1n) is 7.81. The highest BCUT2D eigenvalue weighted by molar-refractivity contribution is 5.67. The molecule has 0 heterocycles. The third-order valence-corrected chi connectivity index (χ3v) is 4.34. The monoisotopic (exact) mass is 311 g/mol. The van der Waals surface area contributed by atoms with E-state index in [0.29, 0.717) is 6.42 Å². The van der Waals surface area contributed by atoms with Gasteiger partial charge in [-0.05, 0) is 29.5 Å². The van der Waals surface area contributed by atoms with Crippen molar-refractivity contribution >= 4 is 6.09 Å². The van der Waals surface area contributed by atoms with Crippen molar-refractivity contribution in [1.29, 1.82) is 0 Å². The first-order chi connectivity index (χ1) is 11.1. The summed E-state index contributed by atoms with van der Waals surface area (Å²) in [5.41, 5.74) is 2.03. The number of hydrogen-bond acceptors (Lipinski definition) is 3. The molecule has 0 aromatic heterocycles. The van der Waals surface area contributed by atoms with Gasteiger partial charge in [0, 0.05) is 7.05 Å². The number of nitrogens with zero attached hydrogens (tertiary/aromatic N) is 1. The Bertz CT molecular complexity index is 686. The van der Waals surface area contributed by atoms with Gasteiger partial charge in [-0.15, -0.1) is 0 Å². The van der Waals surface area contributed by atoms with Crippen molar-refractivity contribution in [2.24, 2.45) is 0 Å². The number of fused-ring (bicyclic) bond motifs is 1. The van der Waals surface area contributed by atoms with Gasteiger partial charge < -0.3 is 14.7 Å². The van der Waals surface area contributed by atoms with Gasteiger partial charge in [-0.3, -0.25) is 0 Å². The van der Waals surface area contributed by atoms with E-state index in [4.69, 9.17) is 4.74 Å². The van der Waals surface area contributed by atoms with Gasteiger partial charge in [-0.1, -0.05) is 54.6 Å². The van der Waals surface area contributed by atoms with Gasteiger partial charge in [0.05, 0.1) is 6.54 Å². The van der Waals surface area contributed by atoms with E-state index in [9.17, 15) is 9.90 Å². The fourth-order valence-electron chi connectivity index (χ4n) is 3.12. The van der Waals surface area contributed by atoms with Crippen LogP contribution >= 0.6 is 0 Å². The third kappa shape index (κ3) is 3.37. The number of aliphatic hydroxyl groups is 1. The van der Waals surface area contributed by atoms with E-state index < -0.39 is 11.7 Å². The van der Waals surface area contributed by atoms with Crippen LogP contribution in [-0.4, -0.2) is 29.7 Å². The van der Waals surface area contributed by atoms with E-state index in [1.165, 1.54) is 4.90 Å². The maximum Gasteiger partial charge on any atom is 0.409 e. The van der Waals surface area contributed by atoms with Crippen LogP contribution in [0.4, 0.5) is 4.79 Å². The minimum Gasteiger partial charge on any atom is -0.445 e. The lowest BCUT2D eigenvalue weighted by atomic mass is 9.95. The van der Waals surface area contributed by atoms with E-state index in [0.717, 1.165) is 23.1 Å². The molecule has 0 bridgehead atoms. The second-order valence-electron chi connectivity index (χ2n) is 6.08. The standard InChI is InChI=1S/C19H21NO3/c1-20(18(21)23-13-15-7-3-2-4-8-15)14-19(22)12-11-16-9-5-6-10-17(16)19/h2-10,22H,11-14H2,1H3. The molecular weight excluding hydrogens is 290 g/mol. The number of aryl methyl sites for hydroxylation is 1. The summed E-state index contributed by atoms with van der Waals surface area (Å²) < 4.78 is 5.31. The number of benzene rings is 2. The molecule has 0 spiro atoms. The Morgan fingerprint density at radius 3 is 2.65 bits per heavy atom. The van der Waals surface area contributed by atoms with Gasteiger partial charge in [0.15, 0.2) is 0 Å². The average Bonchev–Trinajstić information content (AvgIpc) is 2.91. The van der Waals surface area contributed by atoms with Crippen molar-refractivity contribution in [1.82, 2.24) is 4.90 Å². The molecule has 2 aromatic carbocycles. The minimum atomic E-state index is -0.989. The molecule has 4 heteroatoms. The van der Waals surface area contributed by atoms with Gasteiger partial charge in [-0.2, -0.15) is 0 Å². The average molecular weight is 311 g/mol. The molecule has 1 aliphatic rings. The summed E-state index contributed by atoms with van der Waals surface area (Å²) in [6.07, 6.45) is 1.04. The summed E-state index contributed by atoms with van der Waals surface area (Å²) in [6.45, 7) is 0.469. The summed E-state index contributed by atoms with van der Waals surface area (Å²) >= 11 is 0. The minimum absolute atomic E-state index is 0.234. The summed E-state index contributed by atoms with van der Waals surface area (Å²) in [5.74, 6) is 0. The second-order valence-corrected chi connectivity index (χ2v) is 6.08. The molecule has 0 saturated heterocycles. The quantitative estimate of drug-likeness (QED) is 0.944. The topological polar surface area (TPSA) is 49.8 Å². The van der Waals surface area contributed by atoms with Crippen molar-refractivity contribution in [3.63, 3.8) is 0 Å². The zero-order valence-electron chi connectivity index (χ0n) is 13.2. The summed E-state index contributed by atoms with van der Waals surface area (Å²) in [5, 5.41) is 10.9. The number of ether oxygens (including phenoxy) is 1. The zero-order chi connectivity index (χ0) is 16.3. The summed E-state index contributed by atoms with van der Waals surface area (Å²) in [4.78, 5) is 13.6. The van der Waals surface area contributed by atoms with Crippen LogP contribution in [0.3, 0.4) is 0 Å². The number of rotatable bonds is 4. The number of hydrogen-bond donors (Lipinski definition) is 1. The Morgan fingerprint density at radius 1 is 1.17 bits per heavy atom. The Hall–Kier alpha value is -2.33. The Labute approximate surface area is 136 Å². The third-order valence-electron chi connectivity index (χ3n) is 4.34. The van der Waals surface area contributed by atoms with Gasteiger partial charge in [-0.25, -0.2) is 4.79 Å². The van der Waals surface area contributed by atoms with E-state index in [-0.39, 0.29) is 13.2 Å². The van der Waals surface area contributed by atoms with Gasteiger partial charge >= 0.3 is 6.09 Å². The van der Waals surface area contributed by atoms with Gasteiger partial charge in [0.2, 0.25) is 0 Å². The lowest BCUT2D eigenvalue weighted by molar-refractivity contribution is 0.00379. The molecule has 120 valence electrons. The Balaban J connectivity index is 1.61. The first kappa shape index (κ1) is 15.6. The molecule has 1 N–H and O–H groups in total. The second kappa shape index (κ2) is 6.42. The lowest BCUT2D eigenvalue weighted by Gasteiger charge is -2.29. The molecule has 0 radical (unpaired) electrons. The number of amides is 1. The molecule has 0 aliphatic heterocycles. The van der Waals surface area contributed by atoms with E-state index in [1.54, 1.807) is 7.05 Å². The van der Waals surface area contributed by atoms with Crippen LogP contribution < -0.4 is 0 Å². The molecule has 4 nitrogen and oxygen atoms in total. The predicted octanol–water partition coefficient (Wildman–Crippen LogP) is 3.09. The van der Waals surface area contributed by atoms with Crippen molar-refractivity contribution in [3.8, 4) is 0 Å². The maximum atomic E-state index is 12.2. The van der Waals surface area contributed by atoms with Gasteiger partial charge in [0.25, 0.3) is 0 Å². The maximum absolute atomic E-state index is 12.2. The van der Waals surface area contributed by atoms with Crippen LogP contribution in [0.5, 0.6) is 0 Å². The van der Waals surface area contributed by atoms with Gasteiger partial charge in [0.1, 0.15) is 12.2 Å². The molecule has 2 aromatic rings. The molecule has 1 aliphatic carbocycles. The normalized spacial score (nSPS) is 19.2. The summed E-state index contributed by atoms with van der Waals surface area (Å²) in [7, 11) is 1.66. The van der Waals surface area contributed by atoms with Crippen molar-refractivity contribution in [3.05, 3.63) is 71.3 Å². The lowest BCUT2D eigenvalue weighted by Crippen LogP contribution is -2.40. The van der Waals surface area contributed by atoms with Crippen molar-refractivity contribution in [2.45, 2.75) is 25.0 Å². The summed E-state index contributed by atoms with van der Waals surface area (Å²) in [6, 6.07) is 17.4. The Morgan fingerprint density at radius 2 is 1.87 bits per heavy atom. The molecule has 1 atom stereocenters.